The first-order valence-electron chi connectivity index (χ1n) is 10.1. The van der Waals surface area contributed by atoms with Gasteiger partial charge in [-0.25, -0.2) is 4.39 Å². The Balaban J connectivity index is 1.74. The number of hydrogen-bond donors (Lipinski definition) is 5. The normalized spacial score (nSPS) is 21.0. The highest BCUT2D eigenvalue weighted by molar-refractivity contribution is 6.31. The Morgan fingerprint density at radius 2 is 1.82 bits per heavy atom. The molecule has 0 spiro atoms. The van der Waals surface area contributed by atoms with E-state index in [2.05, 4.69) is 10.6 Å². The molecular formula is C23H23ClFN3O5. The molecule has 2 aromatic carbocycles. The zero-order valence-electron chi connectivity index (χ0n) is 17.4. The monoisotopic (exact) mass is 475 g/mol. The van der Waals surface area contributed by atoms with Crippen LogP contribution in [0.3, 0.4) is 0 Å². The molecule has 6 N–H and O–H groups in total. The fourth-order valence-corrected chi connectivity index (χ4v) is 3.64. The lowest BCUT2D eigenvalue weighted by Gasteiger charge is -2.31. The van der Waals surface area contributed by atoms with Crippen LogP contribution in [0.4, 0.5) is 4.39 Å². The molecule has 3 amide bonds. The predicted molar refractivity (Wildman–Crippen MR) is 119 cm³/mol. The molecule has 4 atom stereocenters. The van der Waals surface area contributed by atoms with Crippen LogP contribution < -0.4 is 16.4 Å². The second-order valence-corrected chi connectivity index (χ2v) is 8.11. The number of nitrogens with two attached hydrogens (primary N) is 1. The molecule has 2 aromatic rings. The maximum Gasteiger partial charge on any atom is 0.251 e. The Hall–Kier alpha value is -3.27. The van der Waals surface area contributed by atoms with Crippen LogP contribution >= 0.6 is 11.6 Å². The van der Waals surface area contributed by atoms with Crippen LogP contribution in [0.25, 0.3) is 0 Å². The summed E-state index contributed by atoms with van der Waals surface area (Å²) in [5, 5.41) is 25.3. The lowest BCUT2D eigenvalue weighted by molar-refractivity contribution is -0.125. The van der Waals surface area contributed by atoms with Gasteiger partial charge >= 0.3 is 0 Å². The van der Waals surface area contributed by atoms with Gasteiger partial charge in [-0.1, -0.05) is 48.0 Å². The van der Waals surface area contributed by atoms with Crippen molar-refractivity contribution in [2.45, 2.75) is 37.1 Å². The fourth-order valence-electron chi connectivity index (χ4n) is 3.46. The summed E-state index contributed by atoms with van der Waals surface area (Å²) in [4.78, 5) is 37.1. The molecular weight excluding hydrogens is 453 g/mol. The number of carbonyl (C=O) groups is 3. The number of halogens is 2. The van der Waals surface area contributed by atoms with Crippen molar-refractivity contribution in [1.29, 1.82) is 0 Å². The van der Waals surface area contributed by atoms with E-state index in [-0.39, 0.29) is 29.0 Å². The van der Waals surface area contributed by atoms with Crippen LogP contribution in [0, 0.1) is 5.82 Å². The van der Waals surface area contributed by atoms with Gasteiger partial charge in [0.25, 0.3) is 5.91 Å². The van der Waals surface area contributed by atoms with E-state index in [9.17, 15) is 29.0 Å². The van der Waals surface area contributed by atoms with E-state index >= 15 is 0 Å². The lowest BCUT2D eigenvalue weighted by atomic mass is 9.89. The first-order valence-corrected chi connectivity index (χ1v) is 10.5. The number of aliphatic hydroxyl groups excluding tert-OH is 2. The number of carbonyl (C=O) groups excluding carboxylic acids is 3. The standard InChI is InChI=1S/C23H23ClFN3O5/c24-15-9-13(6-7-16(15)25)22(32)27-17-10-14(11-19(29)20(17)30)23(33)28-18(21(26)31)8-12-4-2-1-3-5-12/h1-7,9-10,17-20,29-30H,8,11H2,(H2,26,31)(H,27,32)(H,28,33). The highest BCUT2D eigenvalue weighted by Gasteiger charge is 2.34. The van der Waals surface area contributed by atoms with Gasteiger partial charge in [-0.15, -0.1) is 0 Å². The molecule has 0 aliphatic heterocycles. The summed E-state index contributed by atoms with van der Waals surface area (Å²) in [6.07, 6.45) is -1.46. The molecule has 0 aromatic heterocycles. The molecule has 3 rings (SSSR count). The quantitative estimate of drug-likeness (QED) is 0.403. The van der Waals surface area contributed by atoms with Gasteiger partial charge in [-0.05, 0) is 23.8 Å². The molecule has 10 heteroatoms. The number of rotatable bonds is 7. The minimum Gasteiger partial charge on any atom is -0.390 e. The average molecular weight is 476 g/mol. The lowest BCUT2D eigenvalue weighted by Crippen LogP contribution is -2.52. The van der Waals surface area contributed by atoms with Crippen LogP contribution in [-0.2, 0) is 16.0 Å². The average Bonchev–Trinajstić information content (AvgIpc) is 2.78. The molecule has 0 saturated heterocycles. The molecule has 174 valence electrons. The Morgan fingerprint density at radius 3 is 2.45 bits per heavy atom. The van der Waals surface area contributed by atoms with Gasteiger partial charge in [0.05, 0.1) is 17.2 Å². The summed E-state index contributed by atoms with van der Waals surface area (Å²) in [6.45, 7) is 0. The van der Waals surface area contributed by atoms with Crippen LogP contribution in [-0.4, -0.2) is 52.2 Å². The molecule has 33 heavy (non-hydrogen) atoms. The van der Waals surface area contributed by atoms with Crippen molar-refractivity contribution in [2.75, 3.05) is 0 Å². The van der Waals surface area contributed by atoms with Crippen LogP contribution in [0.2, 0.25) is 5.02 Å². The number of amides is 3. The number of hydrogen-bond acceptors (Lipinski definition) is 5. The largest absolute Gasteiger partial charge is 0.390 e. The van der Waals surface area contributed by atoms with Crippen molar-refractivity contribution in [1.82, 2.24) is 10.6 Å². The minimum atomic E-state index is -1.39. The van der Waals surface area contributed by atoms with Gasteiger partial charge in [0.15, 0.2) is 0 Å². The summed E-state index contributed by atoms with van der Waals surface area (Å²) >= 11 is 5.70. The summed E-state index contributed by atoms with van der Waals surface area (Å²) in [7, 11) is 0. The molecule has 4 unspecified atom stereocenters. The molecule has 0 bridgehead atoms. The van der Waals surface area contributed by atoms with Gasteiger partial charge in [0, 0.05) is 24.0 Å². The van der Waals surface area contributed by atoms with E-state index in [1.54, 1.807) is 24.3 Å². The van der Waals surface area contributed by atoms with Gasteiger partial charge in [-0.2, -0.15) is 0 Å². The van der Waals surface area contributed by atoms with Crippen LogP contribution in [0.15, 0.2) is 60.2 Å². The molecule has 0 fully saturated rings. The van der Waals surface area contributed by atoms with Gasteiger partial charge in [0.1, 0.15) is 18.0 Å². The maximum absolute atomic E-state index is 13.3. The minimum absolute atomic E-state index is 0.0321. The van der Waals surface area contributed by atoms with E-state index in [0.717, 1.165) is 17.7 Å². The van der Waals surface area contributed by atoms with Crippen molar-refractivity contribution in [2.24, 2.45) is 5.73 Å². The smallest absolute Gasteiger partial charge is 0.251 e. The van der Waals surface area contributed by atoms with E-state index in [0.29, 0.717) is 0 Å². The number of aliphatic hydroxyl groups is 2. The zero-order chi connectivity index (χ0) is 24.1. The second kappa shape index (κ2) is 10.6. The number of primary amides is 1. The topological polar surface area (TPSA) is 142 Å². The van der Waals surface area contributed by atoms with E-state index in [1.807, 2.05) is 6.07 Å². The van der Waals surface area contributed by atoms with E-state index in [4.69, 9.17) is 17.3 Å². The fraction of sp³-hybridized carbons (Fsp3) is 0.261. The third kappa shape index (κ3) is 6.16. The highest BCUT2D eigenvalue weighted by Crippen LogP contribution is 2.21. The number of benzene rings is 2. The summed E-state index contributed by atoms with van der Waals surface area (Å²) < 4.78 is 13.3. The number of nitrogens with one attached hydrogen (secondary N) is 2. The van der Waals surface area contributed by atoms with Crippen LogP contribution in [0.5, 0.6) is 0 Å². The molecule has 0 radical (unpaired) electrons. The van der Waals surface area contributed by atoms with Gasteiger partial charge in [0.2, 0.25) is 11.8 Å². The Kier molecular flexibility index (Phi) is 7.80. The van der Waals surface area contributed by atoms with E-state index in [1.165, 1.54) is 12.1 Å². The third-order valence-electron chi connectivity index (χ3n) is 5.27. The zero-order valence-corrected chi connectivity index (χ0v) is 18.1. The maximum atomic E-state index is 13.3. The van der Waals surface area contributed by atoms with Crippen molar-refractivity contribution < 1.29 is 29.0 Å². The highest BCUT2D eigenvalue weighted by atomic mass is 35.5. The summed E-state index contributed by atoms with van der Waals surface area (Å²) in [6, 6.07) is 10.2. The predicted octanol–water partition coefficient (Wildman–Crippen LogP) is 0.842. The molecule has 0 heterocycles. The first-order chi connectivity index (χ1) is 15.7. The molecule has 1 aliphatic carbocycles. The first kappa shape index (κ1) is 24.4. The van der Waals surface area contributed by atoms with Gasteiger partial charge in [-0.3, -0.25) is 14.4 Å². The van der Waals surface area contributed by atoms with E-state index < -0.39 is 47.8 Å². The van der Waals surface area contributed by atoms with Crippen LogP contribution in [0.1, 0.15) is 22.3 Å². The van der Waals surface area contributed by atoms with Crippen molar-refractivity contribution in [3.63, 3.8) is 0 Å². The SMILES string of the molecule is NC(=O)C(Cc1ccccc1)NC(=O)C1=CC(NC(=O)c2ccc(F)c(Cl)c2)C(O)C(O)C1. The van der Waals surface area contributed by atoms with Crippen molar-refractivity contribution >= 4 is 29.3 Å². The summed E-state index contributed by atoms with van der Waals surface area (Å²) in [5.74, 6) is -2.78. The van der Waals surface area contributed by atoms with Crippen molar-refractivity contribution in [3.05, 3.63) is 82.1 Å². The Morgan fingerprint density at radius 1 is 1.12 bits per heavy atom. The Bertz CT molecular complexity index is 1080. The van der Waals surface area contributed by atoms with Crippen molar-refractivity contribution in [3.8, 4) is 0 Å². The third-order valence-corrected chi connectivity index (χ3v) is 5.56. The molecule has 0 saturated carbocycles. The second-order valence-electron chi connectivity index (χ2n) is 7.70. The summed E-state index contributed by atoms with van der Waals surface area (Å²) in [5.41, 5.74) is 6.32. The van der Waals surface area contributed by atoms with Gasteiger partial charge < -0.3 is 26.6 Å². The molecule has 8 nitrogen and oxygen atoms in total. The molecule has 1 aliphatic rings. The Labute approximate surface area is 194 Å².